The van der Waals surface area contributed by atoms with Crippen LogP contribution < -0.4 is 21.4 Å². The third-order valence-corrected chi connectivity index (χ3v) is 6.89. The minimum absolute atomic E-state index is 0.0752. The van der Waals surface area contributed by atoms with Gasteiger partial charge >= 0.3 is 146 Å². The van der Waals surface area contributed by atoms with Gasteiger partial charge in [-0.05, 0) is 0 Å². The summed E-state index contributed by atoms with van der Waals surface area (Å²) in [4.78, 5) is 25.8. The van der Waals surface area contributed by atoms with Gasteiger partial charge < -0.3 is 0 Å². The van der Waals surface area contributed by atoms with E-state index in [-0.39, 0.29) is 32.7 Å². The summed E-state index contributed by atoms with van der Waals surface area (Å²) in [6.07, 6.45) is 1.63. The maximum absolute atomic E-state index is 12.0. The van der Waals surface area contributed by atoms with Gasteiger partial charge in [-0.2, -0.15) is 0 Å². The predicted molar refractivity (Wildman–Crippen MR) is 93.9 cm³/mol. The fourth-order valence-electron chi connectivity index (χ4n) is 2.78. The Kier molecular flexibility index (Phi) is 5.06. The normalized spacial score (nSPS) is 23.5. The van der Waals surface area contributed by atoms with Crippen LogP contribution in [0.15, 0.2) is 40.1 Å². The van der Waals surface area contributed by atoms with E-state index in [1.165, 1.54) is 14.6 Å². The molecule has 24 heavy (non-hydrogen) atoms. The van der Waals surface area contributed by atoms with Crippen LogP contribution in [0, 0.1) is 13.8 Å². The van der Waals surface area contributed by atoms with E-state index in [0.717, 1.165) is 5.32 Å². The molecule has 3 rings (SSSR count). The Morgan fingerprint density at radius 2 is 2.04 bits per heavy atom. The molecule has 0 spiro atoms. The number of aromatic nitrogens is 2. The molecular formula is C17H21N3O3Se. The number of hydrogen-bond donors (Lipinski definition) is 2. The van der Waals surface area contributed by atoms with E-state index in [9.17, 15) is 9.59 Å². The van der Waals surface area contributed by atoms with Gasteiger partial charge in [-0.3, -0.25) is 0 Å². The molecule has 6 nitrogen and oxygen atoms in total. The van der Waals surface area contributed by atoms with Gasteiger partial charge in [-0.25, -0.2) is 0 Å². The Labute approximate surface area is 146 Å². The number of nitrogens with one attached hydrogen (secondary N) is 1. The number of benzene rings is 1. The van der Waals surface area contributed by atoms with Gasteiger partial charge in [0.05, 0.1) is 0 Å². The summed E-state index contributed by atoms with van der Waals surface area (Å²) in [6, 6.07) is 8.22. The number of aryl methyl sites for hydroxylation is 2. The van der Waals surface area contributed by atoms with Crippen molar-refractivity contribution in [3.8, 4) is 0 Å². The van der Waals surface area contributed by atoms with Crippen LogP contribution in [-0.4, -0.2) is 36.7 Å². The molecule has 2 aromatic rings. The van der Waals surface area contributed by atoms with E-state index in [2.05, 4.69) is 24.0 Å². The molecule has 1 aliphatic rings. The van der Waals surface area contributed by atoms with Crippen molar-refractivity contribution in [3.05, 3.63) is 62.4 Å². The molecule has 0 bridgehead atoms. The number of ether oxygens (including phenoxy) is 1. The van der Waals surface area contributed by atoms with Crippen molar-refractivity contribution in [3.63, 3.8) is 0 Å². The number of nitrogens with two attached hydrogens (primary N) is 1. The van der Waals surface area contributed by atoms with Crippen LogP contribution in [-0.2, 0) is 4.74 Å². The Balaban J connectivity index is 1.71. The first-order valence-corrected chi connectivity index (χ1v) is 9.94. The van der Waals surface area contributed by atoms with Crippen molar-refractivity contribution in [2.75, 3.05) is 0 Å². The first-order valence-electron chi connectivity index (χ1n) is 7.87. The molecule has 1 aliphatic heterocycles. The summed E-state index contributed by atoms with van der Waals surface area (Å²) in [6.45, 7) is 3.78. The second-order valence-electron chi connectivity index (χ2n) is 6.08. The quantitative estimate of drug-likeness (QED) is 0.726. The van der Waals surface area contributed by atoms with Gasteiger partial charge in [0, 0.05) is 0 Å². The molecule has 3 N–H and O–H groups in total. The number of aromatic amines is 1. The zero-order chi connectivity index (χ0) is 17.3. The van der Waals surface area contributed by atoms with E-state index in [4.69, 9.17) is 10.5 Å². The van der Waals surface area contributed by atoms with Crippen LogP contribution in [0.2, 0.25) is 5.32 Å². The van der Waals surface area contributed by atoms with Gasteiger partial charge in [-0.15, -0.1) is 0 Å². The van der Waals surface area contributed by atoms with Crippen molar-refractivity contribution in [1.82, 2.24) is 9.55 Å². The summed E-state index contributed by atoms with van der Waals surface area (Å²) in [7, 11) is 0. The molecular weight excluding hydrogens is 373 g/mol. The summed E-state index contributed by atoms with van der Waals surface area (Å²) in [5.41, 5.74) is 7.18. The average molecular weight is 394 g/mol. The Hall–Kier alpha value is -1.66. The summed E-state index contributed by atoms with van der Waals surface area (Å²) in [5.74, 6) is 0. The molecule has 2 heterocycles. The first-order chi connectivity index (χ1) is 11.5. The van der Waals surface area contributed by atoms with Crippen LogP contribution in [0.3, 0.4) is 0 Å². The molecule has 1 saturated heterocycles. The summed E-state index contributed by atoms with van der Waals surface area (Å²) < 4.78 is 8.82. The van der Waals surface area contributed by atoms with Gasteiger partial charge in [0.2, 0.25) is 0 Å². The molecule has 128 valence electrons. The molecule has 7 heteroatoms. The van der Waals surface area contributed by atoms with Crippen LogP contribution in [0.5, 0.6) is 0 Å². The van der Waals surface area contributed by atoms with Crippen molar-refractivity contribution in [2.24, 2.45) is 5.73 Å². The van der Waals surface area contributed by atoms with Crippen LogP contribution in [0.4, 0.5) is 0 Å². The summed E-state index contributed by atoms with van der Waals surface area (Å²) >= 11 is 0.272. The molecule has 3 atom stereocenters. The third kappa shape index (κ3) is 3.54. The van der Waals surface area contributed by atoms with Crippen LogP contribution in [0.25, 0.3) is 0 Å². The summed E-state index contributed by atoms with van der Waals surface area (Å²) in [5, 5.41) is 0.868. The molecule has 1 fully saturated rings. The monoisotopic (exact) mass is 395 g/mol. The van der Waals surface area contributed by atoms with Crippen molar-refractivity contribution < 1.29 is 4.74 Å². The van der Waals surface area contributed by atoms with Crippen molar-refractivity contribution in [1.29, 1.82) is 0 Å². The number of H-pyrrole nitrogens is 1. The molecule has 1 aromatic heterocycles. The Bertz CT molecular complexity index is 845. The molecule has 1 aromatic carbocycles. The Morgan fingerprint density at radius 3 is 2.79 bits per heavy atom. The zero-order valence-corrected chi connectivity index (χ0v) is 15.4. The second-order valence-corrected chi connectivity index (χ2v) is 8.31. The van der Waals surface area contributed by atoms with Crippen molar-refractivity contribution >= 4 is 19.4 Å². The minimum atomic E-state index is -0.451. The fraction of sp³-hybridized carbons (Fsp3) is 0.412. The van der Waals surface area contributed by atoms with Gasteiger partial charge in [0.1, 0.15) is 0 Å². The van der Waals surface area contributed by atoms with E-state index in [0.29, 0.717) is 12.0 Å². The van der Waals surface area contributed by atoms with E-state index >= 15 is 0 Å². The van der Waals surface area contributed by atoms with Gasteiger partial charge in [0.25, 0.3) is 0 Å². The molecule has 0 amide bonds. The van der Waals surface area contributed by atoms with Gasteiger partial charge in [-0.1, -0.05) is 0 Å². The molecule has 0 radical (unpaired) electrons. The van der Waals surface area contributed by atoms with Crippen LogP contribution in [0.1, 0.15) is 23.8 Å². The second kappa shape index (κ2) is 7.07. The van der Waals surface area contributed by atoms with E-state index in [1.54, 1.807) is 13.1 Å². The molecule has 0 aliphatic carbocycles. The topological polar surface area (TPSA) is 90.1 Å². The number of nitrogens with zero attached hydrogens (tertiary/aromatic N) is 1. The number of rotatable bonds is 4. The van der Waals surface area contributed by atoms with E-state index in [1.807, 2.05) is 12.1 Å². The molecule has 0 unspecified atom stereocenters. The average Bonchev–Trinajstić information content (AvgIpc) is 2.91. The van der Waals surface area contributed by atoms with Crippen LogP contribution >= 0.6 is 0 Å². The zero-order valence-electron chi connectivity index (χ0n) is 13.7. The van der Waals surface area contributed by atoms with E-state index < -0.39 is 11.9 Å². The fourth-order valence-corrected chi connectivity index (χ4v) is 5.17. The molecule has 0 saturated carbocycles. The first kappa shape index (κ1) is 17.2. The SMILES string of the molecule is Cc1ccccc1[Se]C[C@H]1O[C@@H](n2cc(C)c(=O)[nH]c2=O)C[C@@H]1N. The maximum atomic E-state index is 12.0. The third-order valence-electron chi connectivity index (χ3n) is 4.24. The van der Waals surface area contributed by atoms with Gasteiger partial charge in [0.15, 0.2) is 0 Å². The standard InChI is InChI=1S/C17H21N3O3Se/c1-10-5-3-4-6-14(10)24-9-13-12(18)7-15(23-13)20-8-11(2)16(21)19-17(20)22/h3-6,8,12-13,15H,7,9,18H2,1-2H3,(H,19,21,22)/t12-,13+,15+/m0/s1. The Morgan fingerprint density at radius 1 is 1.29 bits per heavy atom. The van der Waals surface area contributed by atoms with Crippen molar-refractivity contribution in [2.45, 2.75) is 44.0 Å². The number of hydrogen-bond acceptors (Lipinski definition) is 4. The predicted octanol–water partition coefficient (Wildman–Crippen LogP) is 0.216.